The molecule has 10 heteroatoms. The van der Waals surface area contributed by atoms with Crippen molar-refractivity contribution in [1.29, 1.82) is 0 Å². The van der Waals surface area contributed by atoms with E-state index in [0.29, 0.717) is 31.9 Å². The highest BCUT2D eigenvalue weighted by atomic mass is 16.4. The average molecular weight is 546 g/mol. The molecular weight excluding hydrogens is 506 g/mol. The Kier molecular flexibility index (Phi) is 10.8. The number of nitrogens with one attached hydrogen (secondary N) is 3. The maximum atomic E-state index is 12.0. The summed E-state index contributed by atoms with van der Waals surface area (Å²) in [7, 11) is 0. The third-order valence-electron chi connectivity index (χ3n) is 6.99. The number of aliphatic carboxylic acids is 1. The van der Waals surface area contributed by atoms with Gasteiger partial charge in [-0.2, -0.15) is 0 Å². The highest BCUT2D eigenvalue weighted by molar-refractivity contribution is 5.76. The summed E-state index contributed by atoms with van der Waals surface area (Å²) in [6.45, 7) is 5.02. The average Bonchev–Trinajstić information content (AvgIpc) is 2.97. The maximum Gasteiger partial charge on any atom is 0.326 e. The minimum atomic E-state index is -0.942. The first-order valence-electron chi connectivity index (χ1n) is 14.0. The Morgan fingerprint density at radius 3 is 2.65 bits per heavy atom. The van der Waals surface area contributed by atoms with Gasteiger partial charge in [-0.15, -0.1) is 0 Å². The molecule has 0 fully saturated rings. The number of benzene rings is 1. The Balaban J connectivity index is 1.28. The molecule has 0 radical (unpaired) electrons. The summed E-state index contributed by atoms with van der Waals surface area (Å²) in [6, 6.07) is 13.2. The normalized spacial score (nSPS) is 13.2. The highest BCUT2D eigenvalue weighted by Crippen LogP contribution is 2.20. The first-order chi connectivity index (χ1) is 19.5. The molecule has 0 saturated carbocycles. The fraction of sp³-hybridized carbons (Fsp3) is 0.433. The van der Waals surface area contributed by atoms with Crippen LogP contribution in [0.4, 0.5) is 11.6 Å². The summed E-state index contributed by atoms with van der Waals surface area (Å²) in [5.41, 5.74) is 4.06. The van der Waals surface area contributed by atoms with Crippen molar-refractivity contribution >= 4 is 23.5 Å². The van der Waals surface area contributed by atoms with Crippen LogP contribution in [0.2, 0.25) is 0 Å². The largest absolute Gasteiger partial charge is 0.480 e. The molecule has 1 aliphatic rings. The van der Waals surface area contributed by atoms with Crippen molar-refractivity contribution in [2.45, 2.75) is 51.5 Å². The van der Waals surface area contributed by atoms with Crippen molar-refractivity contribution in [1.82, 2.24) is 25.2 Å². The molecule has 0 aliphatic carbocycles. The summed E-state index contributed by atoms with van der Waals surface area (Å²) in [4.78, 5) is 39.2. The number of nitrogens with zero attached hydrogens (tertiary/aromatic N) is 4. The van der Waals surface area contributed by atoms with Crippen molar-refractivity contribution in [3.8, 4) is 11.3 Å². The van der Waals surface area contributed by atoms with Gasteiger partial charge in [-0.25, -0.2) is 14.8 Å². The van der Waals surface area contributed by atoms with Gasteiger partial charge in [-0.05, 0) is 56.7 Å². The lowest BCUT2D eigenvalue weighted by atomic mass is 10.1. The van der Waals surface area contributed by atoms with Gasteiger partial charge in [-0.3, -0.25) is 9.78 Å². The van der Waals surface area contributed by atoms with Crippen LogP contribution in [-0.4, -0.2) is 75.6 Å². The molecule has 0 unspecified atom stereocenters. The second kappa shape index (κ2) is 14.9. The van der Waals surface area contributed by atoms with E-state index in [0.717, 1.165) is 68.0 Å². The maximum absolute atomic E-state index is 12.0. The standard InChI is InChI=1S/C30H39N7O3/c1-22(38)31-16-19-37(17-6-5-11-25-13-12-24-10-7-15-32-29(24)35-25)18-14-26(30(39)40)36-28-21-33-27(20-34-28)23-8-3-2-4-9-23/h2-4,8-9,12-13,20-21,26H,5-7,10-11,14-19H2,1H3,(H,31,38)(H,32,35)(H,34,36)(H,39,40)/t26-/m0/s1. The number of anilines is 2. The van der Waals surface area contributed by atoms with E-state index in [1.54, 1.807) is 12.4 Å². The number of hydrogen-bond acceptors (Lipinski definition) is 8. The second-order valence-corrected chi connectivity index (χ2v) is 10.1. The molecule has 2 aromatic heterocycles. The van der Waals surface area contributed by atoms with Gasteiger partial charge in [0.05, 0.1) is 18.1 Å². The van der Waals surface area contributed by atoms with E-state index in [1.807, 2.05) is 30.3 Å². The lowest BCUT2D eigenvalue weighted by Crippen LogP contribution is -2.39. The number of aryl methyl sites for hydroxylation is 2. The first-order valence-corrected chi connectivity index (χ1v) is 14.0. The molecule has 1 amide bonds. The van der Waals surface area contributed by atoms with E-state index in [-0.39, 0.29) is 5.91 Å². The van der Waals surface area contributed by atoms with Crippen molar-refractivity contribution in [3.05, 3.63) is 66.1 Å². The Morgan fingerprint density at radius 1 is 1.05 bits per heavy atom. The zero-order chi connectivity index (χ0) is 28.2. The van der Waals surface area contributed by atoms with Crippen LogP contribution in [0.1, 0.15) is 43.9 Å². The van der Waals surface area contributed by atoms with Crippen LogP contribution in [0.25, 0.3) is 11.3 Å². The third kappa shape index (κ3) is 9.01. The number of carbonyl (C=O) groups excluding carboxylic acids is 1. The van der Waals surface area contributed by atoms with Gasteiger partial charge in [0, 0.05) is 44.4 Å². The zero-order valence-electron chi connectivity index (χ0n) is 23.1. The Morgan fingerprint density at radius 2 is 1.90 bits per heavy atom. The number of pyridine rings is 1. The minimum absolute atomic E-state index is 0.0744. The molecule has 3 aromatic rings. The SMILES string of the molecule is CC(=O)NCCN(CCCCc1ccc2c(n1)NCCC2)CC[C@H](Nc1cnc(-c2ccccc2)cn1)C(=O)O. The minimum Gasteiger partial charge on any atom is -0.480 e. The summed E-state index contributed by atoms with van der Waals surface area (Å²) in [5.74, 6) is 0.425. The molecule has 0 bridgehead atoms. The van der Waals surface area contributed by atoms with Gasteiger partial charge in [0.1, 0.15) is 17.7 Å². The van der Waals surface area contributed by atoms with Gasteiger partial charge in [-0.1, -0.05) is 36.4 Å². The topological polar surface area (TPSA) is 132 Å². The lowest BCUT2D eigenvalue weighted by Gasteiger charge is -2.24. The monoisotopic (exact) mass is 545 g/mol. The van der Waals surface area contributed by atoms with E-state index in [4.69, 9.17) is 4.98 Å². The molecule has 3 heterocycles. The fourth-order valence-corrected chi connectivity index (χ4v) is 4.78. The van der Waals surface area contributed by atoms with E-state index in [9.17, 15) is 14.7 Å². The molecule has 4 N–H and O–H groups in total. The molecule has 1 aromatic carbocycles. The lowest BCUT2D eigenvalue weighted by molar-refractivity contribution is -0.138. The van der Waals surface area contributed by atoms with Crippen LogP contribution in [0.3, 0.4) is 0 Å². The Bertz CT molecular complexity index is 1240. The third-order valence-corrected chi connectivity index (χ3v) is 6.99. The van der Waals surface area contributed by atoms with Gasteiger partial charge in [0.25, 0.3) is 0 Å². The molecule has 1 atom stereocenters. The van der Waals surface area contributed by atoms with Crippen LogP contribution in [0.15, 0.2) is 54.9 Å². The number of amides is 1. The molecular formula is C30H39N7O3. The van der Waals surface area contributed by atoms with E-state index >= 15 is 0 Å². The quantitative estimate of drug-likeness (QED) is 0.211. The fourth-order valence-electron chi connectivity index (χ4n) is 4.78. The van der Waals surface area contributed by atoms with E-state index < -0.39 is 12.0 Å². The van der Waals surface area contributed by atoms with Crippen molar-refractivity contribution in [2.75, 3.05) is 43.4 Å². The van der Waals surface area contributed by atoms with Gasteiger partial charge < -0.3 is 26.0 Å². The van der Waals surface area contributed by atoms with Gasteiger partial charge in [0.2, 0.25) is 5.91 Å². The molecule has 4 rings (SSSR count). The number of fused-ring (bicyclic) bond motifs is 1. The van der Waals surface area contributed by atoms with Crippen molar-refractivity contribution in [3.63, 3.8) is 0 Å². The van der Waals surface area contributed by atoms with Gasteiger partial charge in [0.15, 0.2) is 0 Å². The van der Waals surface area contributed by atoms with Crippen LogP contribution >= 0.6 is 0 Å². The van der Waals surface area contributed by atoms with E-state index in [1.165, 1.54) is 12.5 Å². The molecule has 0 spiro atoms. The number of hydrogen-bond donors (Lipinski definition) is 4. The molecule has 10 nitrogen and oxygen atoms in total. The van der Waals surface area contributed by atoms with Crippen molar-refractivity contribution < 1.29 is 14.7 Å². The zero-order valence-corrected chi connectivity index (χ0v) is 23.1. The van der Waals surface area contributed by atoms with Crippen LogP contribution in [0.5, 0.6) is 0 Å². The molecule has 212 valence electrons. The summed E-state index contributed by atoms with van der Waals surface area (Å²) in [5, 5.41) is 19.1. The number of carboxylic acids is 1. The van der Waals surface area contributed by atoms with E-state index in [2.05, 4.69) is 43.0 Å². The summed E-state index contributed by atoms with van der Waals surface area (Å²) in [6.07, 6.45) is 8.64. The number of carbonyl (C=O) groups is 2. The van der Waals surface area contributed by atoms with Crippen LogP contribution in [-0.2, 0) is 22.4 Å². The number of unbranched alkanes of at least 4 members (excludes halogenated alkanes) is 1. The van der Waals surface area contributed by atoms with Crippen LogP contribution < -0.4 is 16.0 Å². The summed E-state index contributed by atoms with van der Waals surface area (Å²) < 4.78 is 0. The van der Waals surface area contributed by atoms with Crippen LogP contribution in [0, 0.1) is 0 Å². The second-order valence-electron chi connectivity index (χ2n) is 10.1. The number of carboxylic acid groups (broad SMARTS) is 1. The molecule has 0 saturated heterocycles. The molecule has 1 aliphatic heterocycles. The van der Waals surface area contributed by atoms with Crippen molar-refractivity contribution in [2.24, 2.45) is 0 Å². The van der Waals surface area contributed by atoms with Gasteiger partial charge >= 0.3 is 5.97 Å². The highest BCUT2D eigenvalue weighted by Gasteiger charge is 2.20. The first kappa shape index (κ1) is 28.9. The predicted octanol–water partition coefficient (Wildman–Crippen LogP) is 3.61. The Labute approximate surface area is 235 Å². The summed E-state index contributed by atoms with van der Waals surface area (Å²) >= 11 is 0. The smallest absolute Gasteiger partial charge is 0.326 e. The predicted molar refractivity (Wildman–Crippen MR) is 156 cm³/mol. The Hall–Kier alpha value is -4.05. The number of aromatic nitrogens is 3. The number of rotatable bonds is 15. The molecule has 40 heavy (non-hydrogen) atoms.